The van der Waals surface area contributed by atoms with Gasteiger partial charge < -0.3 is 10.3 Å². The number of H-pyrrole nitrogens is 1. The van der Waals surface area contributed by atoms with Crippen LogP contribution in [0.1, 0.15) is 10.4 Å². The summed E-state index contributed by atoms with van der Waals surface area (Å²) in [5.74, 6) is -0.166. The molecule has 0 unspecified atom stereocenters. The number of hydrogen-bond donors (Lipinski definition) is 3. The number of carbonyl (C=O) groups excluding carboxylic acids is 1. The van der Waals surface area contributed by atoms with Crippen molar-refractivity contribution >= 4 is 61.5 Å². The predicted molar refractivity (Wildman–Crippen MR) is 111 cm³/mol. The summed E-state index contributed by atoms with van der Waals surface area (Å²) in [6.07, 6.45) is 0. The largest absolute Gasteiger partial charge is 0.323 e. The number of carbonyl (C=O) groups is 1. The molecule has 4 rings (SSSR count). The van der Waals surface area contributed by atoms with E-state index in [0.29, 0.717) is 26.6 Å². The Morgan fingerprint density at radius 2 is 1.86 bits per heavy atom. The number of aromatic nitrogens is 2. The van der Waals surface area contributed by atoms with E-state index < -0.39 is 10.0 Å². The van der Waals surface area contributed by atoms with Crippen molar-refractivity contribution in [1.82, 2.24) is 9.97 Å². The molecular weight excluding hydrogens is 420 g/mol. The van der Waals surface area contributed by atoms with Gasteiger partial charge in [-0.15, -0.1) is 11.3 Å². The first-order valence-corrected chi connectivity index (χ1v) is 10.7. The molecule has 4 aromatic rings. The predicted octanol–water partition coefficient (Wildman–Crippen LogP) is 4.33. The van der Waals surface area contributed by atoms with Gasteiger partial charge in [0.15, 0.2) is 0 Å². The number of imidazole rings is 1. The second-order valence-electron chi connectivity index (χ2n) is 5.80. The van der Waals surface area contributed by atoms with Gasteiger partial charge in [0.2, 0.25) is 5.95 Å². The number of thiophene rings is 1. The summed E-state index contributed by atoms with van der Waals surface area (Å²) >= 11 is 6.76. The van der Waals surface area contributed by atoms with Gasteiger partial charge in [0, 0.05) is 11.3 Å². The molecule has 2 aromatic carbocycles. The molecule has 0 aliphatic rings. The van der Waals surface area contributed by atoms with E-state index in [4.69, 9.17) is 11.6 Å². The quantitative estimate of drug-likeness (QED) is 0.436. The van der Waals surface area contributed by atoms with Crippen LogP contribution in [0.15, 0.2) is 64.9 Å². The Kier molecular flexibility index (Phi) is 4.80. The Balaban J connectivity index is 1.56. The van der Waals surface area contributed by atoms with Crippen molar-refractivity contribution < 1.29 is 13.2 Å². The number of benzene rings is 2. The van der Waals surface area contributed by atoms with Crippen LogP contribution in [0.3, 0.4) is 0 Å². The SMILES string of the molecule is O=C(Nc1ccc2nc(NS(=O)(=O)c3ccc(Cl)s3)[nH]c2c1)c1ccccc1. The van der Waals surface area contributed by atoms with Gasteiger partial charge in [-0.05, 0) is 42.5 Å². The molecule has 2 aromatic heterocycles. The summed E-state index contributed by atoms with van der Waals surface area (Å²) in [4.78, 5) is 19.4. The standard InChI is InChI=1S/C18H13ClN4O3S2/c19-15-8-9-16(27-15)28(25,26)23-18-21-13-7-6-12(10-14(13)22-18)20-17(24)11-4-2-1-3-5-11/h1-10H,(H,20,24)(H2,21,22,23). The monoisotopic (exact) mass is 432 g/mol. The highest BCUT2D eigenvalue weighted by Gasteiger charge is 2.18. The normalized spacial score (nSPS) is 11.5. The molecular formula is C18H13ClN4O3S2. The highest BCUT2D eigenvalue weighted by molar-refractivity contribution is 7.94. The number of nitrogens with one attached hydrogen (secondary N) is 3. The molecule has 0 atom stereocenters. The zero-order chi connectivity index (χ0) is 19.7. The lowest BCUT2D eigenvalue weighted by atomic mass is 10.2. The van der Waals surface area contributed by atoms with Crippen LogP contribution in [0.25, 0.3) is 11.0 Å². The van der Waals surface area contributed by atoms with Crippen LogP contribution in [0.5, 0.6) is 0 Å². The fourth-order valence-electron chi connectivity index (χ4n) is 2.55. The van der Waals surface area contributed by atoms with Crippen LogP contribution in [0, 0.1) is 0 Å². The Bertz CT molecular complexity index is 1270. The van der Waals surface area contributed by atoms with E-state index in [9.17, 15) is 13.2 Å². The molecule has 3 N–H and O–H groups in total. The van der Waals surface area contributed by atoms with Gasteiger partial charge in [-0.25, -0.2) is 18.1 Å². The molecule has 28 heavy (non-hydrogen) atoms. The molecule has 1 amide bonds. The zero-order valence-electron chi connectivity index (χ0n) is 14.1. The minimum Gasteiger partial charge on any atom is -0.323 e. The number of fused-ring (bicyclic) bond motifs is 1. The second kappa shape index (κ2) is 7.27. The minimum absolute atomic E-state index is 0.0751. The molecule has 0 saturated heterocycles. The van der Waals surface area contributed by atoms with Gasteiger partial charge in [0.25, 0.3) is 15.9 Å². The first-order valence-electron chi connectivity index (χ1n) is 8.05. The number of nitrogens with zero attached hydrogens (tertiary/aromatic N) is 1. The molecule has 2 heterocycles. The van der Waals surface area contributed by atoms with Gasteiger partial charge in [-0.2, -0.15) is 0 Å². The third-order valence-corrected chi connectivity index (χ3v) is 6.88. The summed E-state index contributed by atoms with van der Waals surface area (Å²) in [7, 11) is -3.78. The van der Waals surface area contributed by atoms with Crippen LogP contribution in [-0.2, 0) is 10.0 Å². The van der Waals surface area contributed by atoms with Gasteiger partial charge in [0.1, 0.15) is 4.21 Å². The third kappa shape index (κ3) is 3.86. The van der Waals surface area contributed by atoms with Crippen LogP contribution in [0.4, 0.5) is 11.6 Å². The van der Waals surface area contributed by atoms with Gasteiger partial charge in [0.05, 0.1) is 15.4 Å². The molecule has 0 radical (unpaired) electrons. The lowest BCUT2D eigenvalue weighted by molar-refractivity contribution is 0.102. The van der Waals surface area contributed by atoms with E-state index in [-0.39, 0.29) is 16.1 Å². The topological polar surface area (TPSA) is 104 Å². The molecule has 0 spiro atoms. The van der Waals surface area contributed by atoms with Crippen molar-refractivity contribution in [3.8, 4) is 0 Å². The Hall–Kier alpha value is -2.88. The molecule has 0 aliphatic heterocycles. The van der Waals surface area contributed by atoms with E-state index in [1.54, 1.807) is 42.5 Å². The van der Waals surface area contributed by atoms with Crippen LogP contribution < -0.4 is 10.0 Å². The molecule has 10 heteroatoms. The van der Waals surface area contributed by atoms with E-state index in [2.05, 4.69) is 20.0 Å². The van der Waals surface area contributed by atoms with Crippen molar-refractivity contribution in [2.45, 2.75) is 4.21 Å². The lowest BCUT2D eigenvalue weighted by Crippen LogP contribution is -2.12. The zero-order valence-corrected chi connectivity index (χ0v) is 16.5. The molecule has 0 saturated carbocycles. The molecule has 0 aliphatic carbocycles. The number of halogens is 1. The summed E-state index contributed by atoms with van der Waals surface area (Å²) < 4.78 is 27.6. The summed E-state index contributed by atoms with van der Waals surface area (Å²) in [6.45, 7) is 0. The first kappa shape index (κ1) is 18.5. The Morgan fingerprint density at radius 3 is 2.57 bits per heavy atom. The minimum atomic E-state index is -3.78. The van der Waals surface area contributed by atoms with Crippen LogP contribution >= 0.6 is 22.9 Å². The smallest absolute Gasteiger partial charge is 0.273 e. The van der Waals surface area contributed by atoms with Crippen molar-refractivity contribution in [2.24, 2.45) is 0 Å². The van der Waals surface area contributed by atoms with Crippen molar-refractivity contribution in [2.75, 3.05) is 10.0 Å². The number of rotatable bonds is 5. The van der Waals surface area contributed by atoms with E-state index in [1.807, 2.05) is 6.07 Å². The number of sulfonamides is 1. The average molecular weight is 433 g/mol. The second-order valence-corrected chi connectivity index (χ2v) is 9.43. The van der Waals surface area contributed by atoms with E-state index in [0.717, 1.165) is 11.3 Å². The number of aromatic amines is 1. The first-order chi connectivity index (χ1) is 13.4. The number of hydrogen-bond acceptors (Lipinski definition) is 5. The van der Waals surface area contributed by atoms with Crippen molar-refractivity contribution in [1.29, 1.82) is 0 Å². The van der Waals surface area contributed by atoms with E-state index >= 15 is 0 Å². The van der Waals surface area contributed by atoms with Gasteiger partial charge in [-0.3, -0.25) is 4.79 Å². The summed E-state index contributed by atoms with van der Waals surface area (Å²) in [5.41, 5.74) is 2.23. The van der Waals surface area contributed by atoms with Gasteiger partial charge in [-0.1, -0.05) is 29.8 Å². The highest BCUT2D eigenvalue weighted by atomic mass is 35.5. The summed E-state index contributed by atoms with van der Waals surface area (Å²) in [6, 6.07) is 16.8. The van der Waals surface area contributed by atoms with E-state index in [1.165, 1.54) is 12.1 Å². The maximum absolute atomic E-state index is 12.4. The van der Waals surface area contributed by atoms with Crippen LogP contribution in [-0.4, -0.2) is 24.3 Å². The fraction of sp³-hybridized carbons (Fsp3) is 0. The molecule has 0 bridgehead atoms. The third-order valence-electron chi connectivity index (χ3n) is 3.82. The number of amides is 1. The van der Waals surface area contributed by atoms with Crippen molar-refractivity contribution in [3.63, 3.8) is 0 Å². The Morgan fingerprint density at radius 1 is 1.07 bits per heavy atom. The highest BCUT2D eigenvalue weighted by Crippen LogP contribution is 2.27. The number of anilines is 2. The Labute approximate surface area is 169 Å². The van der Waals surface area contributed by atoms with Crippen molar-refractivity contribution in [3.05, 3.63) is 70.6 Å². The maximum Gasteiger partial charge on any atom is 0.273 e. The van der Waals surface area contributed by atoms with Crippen LogP contribution in [0.2, 0.25) is 4.34 Å². The van der Waals surface area contributed by atoms with Gasteiger partial charge >= 0.3 is 0 Å². The molecule has 0 fully saturated rings. The molecule has 7 nitrogen and oxygen atoms in total. The summed E-state index contributed by atoms with van der Waals surface area (Å²) in [5, 5.41) is 2.80. The fourth-order valence-corrected chi connectivity index (χ4v) is 4.99. The molecule has 142 valence electrons. The average Bonchev–Trinajstić information content (AvgIpc) is 3.27. The lowest BCUT2D eigenvalue weighted by Gasteiger charge is -2.04. The maximum atomic E-state index is 12.4.